The quantitative estimate of drug-likeness (QED) is 0.423. The van der Waals surface area contributed by atoms with Gasteiger partial charge >= 0.3 is 0 Å². The zero-order valence-electron chi connectivity index (χ0n) is 6.23. The van der Waals surface area contributed by atoms with E-state index in [1.165, 1.54) is 6.42 Å². The molecule has 0 saturated heterocycles. The normalized spacial score (nSPS) is 16.8. The summed E-state index contributed by atoms with van der Waals surface area (Å²) in [5, 5.41) is 0. The molecule has 9 heavy (non-hydrogen) atoms. The van der Waals surface area contributed by atoms with Gasteiger partial charge in [-0.1, -0.05) is 26.3 Å². The van der Waals surface area contributed by atoms with Crippen molar-refractivity contribution in [2.75, 3.05) is 5.88 Å². The van der Waals surface area contributed by atoms with Crippen molar-refractivity contribution in [3.63, 3.8) is 0 Å². The minimum Gasteiger partial charge on any atom is -0.126 e. The van der Waals surface area contributed by atoms with Crippen LogP contribution in [0.2, 0.25) is 0 Å². The molecule has 0 fully saturated rings. The summed E-state index contributed by atoms with van der Waals surface area (Å²) >= 11 is 5.67. The van der Waals surface area contributed by atoms with E-state index in [1.54, 1.807) is 0 Å². The molecule has 0 aromatic rings. The lowest BCUT2D eigenvalue weighted by Gasteiger charge is -2.14. The van der Waals surface area contributed by atoms with Crippen LogP contribution in [-0.4, -0.2) is 5.88 Å². The summed E-state index contributed by atoms with van der Waals surface area (Å²) in [6.07, 6.45) is 3.13. The monoisotopic (exact) mass is 146 g/mol. The Hall–Kier alpha value is 0.0300. The Morgan fingerprint density at radius 2 is 2.22 bits per heavy atom. The van der Waals surface area contributed by atoms with Crippen LogP contribution in [0.4, 0.5) is 0 Å². The number of halogens is 1. The molecular weight excluding hydrogens is 132 g/mol. The van der Waals surface area contributed by atoms with Gasteiger partial charge in [-0.05, 0) is 11.8 Å². The predicted molar refractivity (Wildman–Crippen MR) is 43.9 cm³/mol. The SMILES string of the molecule is C=CC(CCl)C(C)CC. The molecule has 54 valence electrons. The molecule has 0 aliphatic carbocycles. The van der Waals surface area contributed by atoms with Crippen molar-refractivity contribution in [3.05, 3.63) is 12.7 Å². The van der Waals surface area contributed by atoms with Crippen LogP contribution in [0, 0.1) is 11.8 Å². The van der Waals surface area contributed by atoms with E-state index in [0.717, 1.165) is 0 Å². The van der Waals surface area contributed by atoms with Crippen LogP contribution in [0.25, 0.3) is 0 Å². The Morgan fingerprint density at radius 1 is 1.67 bits per heavy atom. The van der Waals surface area contributed by atoms with Crippen LogP contribution < -0.4 is 0 Å². The third kappa shape index (κ3) is 2.90. The molecule has 0 aromatic heterocycles. The van der Waals surface area contributed by atoms with Gasteiger partial charge in [0.2, 0.25) is 0 Å². The average molecular weight is 147 g/mol. The number of alkyl halides is 1. The van der Waals surface area contributed by atoms with Crippen molar-refractivity contribution in [1.29, 1.82) is 0 Å². The minimum absolute atomic E-state index is 0.497. The Balaban J connectivity index is 3.63. The first kappa shape index (κ1) is 9.03. The highest BCUT2D eigenvalue weighted by Gasteiger charge is 2.09. The second kappa shape index (κ2) is 4.87. The van der Waals surface area contributed by atoms with Gasteiger partial charge in [0.1, 0.15) is 0 Å². The lowest BCUT2D eigenvalue weighted by atomic mass is 9.94. The molecule has 0 saturated carbocycles. The Morgan fingerprint density at radius 3 is 2.33 bits per heavy atom. The fourth-order valence-electron chi connectivity index (χ4n) is 0.750. The Kier molecular flexibility index (Phi) is 4.88. The minimum atomic E-state index is 0.497. The van der Waals surface area contributed by atoms with Gasteiger partial charge in [0.15, 0.2) is 0 Å². The van der Waals surface area contributed by atoms with Crippen molar-refractivity contribution < 1.29 is 0 Å². The van der Waals surface area contributed by atoms with E-state index in [-0.39, 0.29) is 0 Å². The van der Waals surface area contributed by atoms with Gasteiger partial charge < -0.3 is 0 Å². The van der Waals surface area contributed by atoms with Crippen molar-refractivity contribution >= 4 is 11.6 Å². The maximum absolute atomic E-state index is 5.67. The van der Waals surface area contributed by atoms with Crippen LogP contribution in [0.15, 0.2) is 12.7 Å². The summed E-state index contributed by atoms with van der Waals surface area (Å²) in [6, 6.07) is 0. The van der Waals surface area contributed by atoms with Gasteiger partial charge in [-0.25, -0.2) is 0 Å². The van der Waals surface area contributed by atoms with Crippen molar-refractivity contribution in [2.24, 2.45) is 11.8 Å². The van der Waals surface area contributed by atoms with Crippen molar-refractivity contribution in [3.8, 4) is 0 Å². The molecule has 0 N–H and O–H groups in total. The third-order valence-electron chi connectivity index (χ3n) is 1.86. The molecule has 0 bridgehead atoms. The summed E-state index contributed by atoms with van der Waals surface area (Å²) < 4.78 is 0. The first-order valence-electron chi connectivity index (χ1n) is 3.44. The molecule has 0 heterocycles. The number of allylic oxidation sites excluding steroid dienone is 1. The number of hydrogen-bond donors (Lipinski definition) is 0. The van der Waals surface area contributed by atoms with E-state index in [1.807, 2.05) is 6.08 Å². The first-order valence-corrected chi connectivity index (χ1v) is 3.98. The van der Waals surface area contributed by atoms with E-state index in [0.29, 0.717) is 17.7 Å². The summed E-state index contributed by atoms with van der Waals surface area (Å²) in [6.45, 7) is 8.09. The van der Waals surface area contributed by atoms with Gasteiger partial charge in [-0.15, -0.1) is 18.2 Å². The first-order chi connectivity index (χ1) is 4.26. The highest BCUT2D eigenvalue weighted by Crippen LogP contribution is 2.16. The molecule has 0 spiro atoms. The van der Waals surface area contributed by atoms with Gasteiger partial charge in [-0.2, -0.15) is 0 Å². The molecule has 2 atom stereocenters. The molecule has 2 unspecified atom stereocenters. The summed E-state index contributed by atoms with van der Waals surface area (Å²) in [5.41, 5.74) is 0. The predicted octanol–water partition coefficient (Wildman–Crippen LogP) is 3.07. The topological polar surface area (TPSA) is 0 Å². The van der Waals surface area contributed by atoms with Crippen LogP contribution in [0.5, 0.6) is 0 Å². The molecule has 1 heteroatoms. The molecule has 0 aliphatic heterocycles. The molecule has 0 nitrogen and oxygen atoms in total. The van der Waals surface area contributed by atoms with Crippen molar-refractivity contribution in [1.82, 2.24) is 0 Å². The molecular formula is C8H15Cl. The number of hydrogen-bond acceptors (Lipinski definition) is 0. The third-order valence-corrected chi connectivity index (χ3v) is 2.21. The lowest BCUT2D eigenvalue weighted by Crippen LogP contribution is -2.08. The van der Waals surface area contributed by atoms with Gasteiger partial charge in [0.05, 0.1) is 0 Å². The van der Waals surface area contributed by atoms with Gasteiger partial charge in [0.25, 0.3) is 0 Å². The second-order valence-electron chi connectivity index (χ2n) is 2.44. The van der Waals surface area contributed by atoms with Crippen LogP contribution in [-0.2, 0) is 0 Å². The van der Waals surface area contributed by atoms with Gasteiger partial charge in [0, 0.05) is 5.88 Å². The fraction of sp³-hybridized carbons (Fsp3) is 0.750. The Labute approximate surface area is 62.9 Å². The summed E-state index contributed by atoms with van der Waals surface area (Å²) in [4.78, 5) is 0. The smallest absolute Gasteiger partial charge is 0.0288 e. The zero-order chi connectivity index (χ0) is 7.28. The van der Waals surface area contributed by atoms with E-state index < -0.39 is 0 Å². The standard InChI is InChI=1S/C8H15Cl/c1-4-7(3)8(5-2)6-9/h5,7-8H,2,4,6H2,1,3H3. The highest BCUT2D eigenvalue weighted by molar-refractivity contribution is 6.18. The number of rotatable bonds is 4. The largest absolute Gasteiger partial charge is 0.126 e. The molecule has 0 rings (SSSR count). The Bertz CT molecular complexity index is 78.6. The summed E-state index contributed by atoms with van der Waals surface area (Å²) in [5.74, 6) is 1.88. The molecule has 0 aliphatic rings. The van der Waals surface area contributed by atoms with Crippen molar-refractivity contribution in [2.45, 2.75) is 20.3 Å². The van der Waals surface area contributed by atoms with E-state index >= 15 is 0 Å². The van der Waals surface area contributed by atoms with Crippen LogP contribution >= 0.6 is 11.6 Å². The van der Waals surface area contributed by atoms with Crippen LogP contribution in [0.1, 0.15) is 20.3 Å². The van der Waals surface area contributed by atoms with E-state index in [4.69, 9.17) is 11.6 Å². The highest BCUT2D eigenvalue weighted by atomic mass is 35.5. The summed E-state index contributed by atoms with van der Waals surface area (Å²) in [7, 11) is 0. The molecule has 0 radical (unpaired) electrons. The maximum Gasteiger partial charge on any atom is 0.0288 e. The second-order valence-corrected chi connectivity index (χ2v) is 2.75. The zero-order valence-corrected chi connectivity index (χ0v) is 6.99. The molecule has 0 amide bonds. The fourth-order valence-corrected chi connectivity index (χ4v) is 1.18. The maximum atomic E-state index is 5.67. The van der Waals surface area contributed by atoms with Gasteiger partial charge in [-0.3, -0.25) is 0 Å². The average Bonchev–Trinajstić information content (AvgIpc) is 1.90. The van der Waals surface area contributed by atoms with E-state index in [2.05, 4.69) is 20.4 Å². The lowest BCUT2D eigenvalue weighted by molar-refractivity contribution is 0.451. The van der Waals surface area contributed by atoms with Crippen LogP contribution in [0.3, 0.4) is 0 Å². The van der Waals surface area contributed by atoms with E-state index in [9.17, 15) is 0 Å². The molecule has 0 aromatic carbocycles.